The highest BCUT2D eigenvalue weighted by Gasteiger charge is 2.26. The number of nitrogens with zero attached hydrogens (tertiary/aromatic N) is 4. The molecule has 3 heterocycles. The van der Waals surface area contributed by atoms with E-state index in [0.29, 0.717) is 30.6 Å². The Kier molecular flexibility index (Phi) is 4.97. The molecule has 2 aromatic heterocycles. The minimum atomic E-state index is -0.329. The second-order valence-corrected chi connectivity index (χ2v) is 6.72. The van der Waals surface area contributed by atoms with E-state index in [1.54, 1.807) is 10.9 Å². The Bertz CT molecular complexity index is 920. The van der Waals surface area contributed by atoms with Gasteiger partial charge in [-0.15, -0.1) is 0 Å². The maximum atomic E-state index is 11.6. The van der Waals surface area contributed by atoms with Crippen molar-refractivity contribution in [3.05, 3.63) is 42.9 Å². The largest absolute Gasteiger partial charge is 0.381 e. The van der Waals surface area contributed by atoms with Crippen molar-refractivity contribution in [2.75, 3.05) is 18.5 Å². The predicted octanol–water partition coefficient (Wildman–Crippen LogP) is 1.90. The van der Waals surface area contributed by atoms with Crippen LogP contribution in [0.1, 0.15) is 19.3 Å². The summed E-state index contributed by atoms with van der Waals surface area (Å²) in [4.78, 5) is 20.4. The number of nitrogens with two attached hydrogens (primary N) is 1. The summed E-state index contributed by atoms with van der Waals surface area (Å²) in [7, 11) is 0. The molecule has 0 radical (unpaired) electrons. The fourth-order valence-corrected chi connectivity index (χ4v) is 3.56. The molecular formula is C19H22N6O2. The molecule has 3 aromatic rings. The van der Waals surface area contributed by atoms with Crippen molar-refractivity contribution in [2.24, 2.45) is 11.7 Å². The van der Waals surface area contributed by atoms with Crippen molar-refractivity contribution in [1.29, 1.82) is 0 Å². The Balaban J connectivity index is 1.66. The lowest BCUT2D eigenvalue weighted by atomic mass is 9.89. The standard InChI is InChI=1S/C19H22N6O2/c20-17(26)10-16(13-6-8-27-9-7-13)24-18-15-11-23-25(19(15)22-12-21-18)14-4-2-1-3-5-14/h1-5,11-13,16H,6-10H2,(H2,20,26)(H,21,22,24)/t16-/m0/s1. The molecule has 0 spiro atoms. The fraction of sp³-hybridized carbons (Fsp3) is 0.368. The number of primary amides is 1. The van der Waals surface area contributed by atoms with Crippen molar-refractivity contribution in [3.8, 4) is 5.69 Å². The lowest BCUT2D eigenvalue weighted by Crippen LogP contribution is -2.37. The number of fused-ring (bicyclic) bond motifs is 1. The summed E-state index contributed by atoms with van der Waals surface area (Å²) in [5.74, 6) is 0.643. The maximum Gasteiger partial charge on any atom is 0.219 e. The molecule has 1 fully saturated rings. The van der Waals surface area contributed by atoms with Crippen molar-refractivity contribution in [2.45, 2.75) is 25.3 Å². The number of aromatic nitrogens is 4. The quantitative estimate of drug-likeness (QED) is 0.690. The van der Waals surface area contributed by atoms with Gasteiger partial charge >= 0.3 is 0 Å². The molecule has 1 atom stereocenters. The van der Waals surface area contributed by atoms with Crippen LogP contribution in [-0.2, 0) is 9.53 Å². The van der Waals surface area contributed by atoms with Crippen LogP contribution < -0.4 is 11.1 Å². The first-order valence-corrected chi connectivity index (χ1v) is 9.09. The maximum absolute atomic E-state index is 11.6. The highest BCUT2D eigenvalue weighted by atomic mass is 16.5. The third-order valence-corrected chi connectivity index (χ3v) is 4.94. The Morgan fingerprint density at radius 1 is 1.26 bits per heavy atom. The molecule has 1 amide bonds. The van der Waals surface area contributed by atoms with E-state index in [-0.39, 0.29) is 18.4 Å². The zero-order chi connectivity index (χ0) is 18.6. The molecule has 8 nitrogen and oxygen atoms in total. The van der Waals surface area contributed by atoms with Crippen LogP contribution in [0.3, 0.4) is 0 Å². The van der Waals surface area contributed by atoms with Crippen LogP contribution in [0.15, 0.2) is 42.9 Å². The van der Waals surface area contributed by atoms with Gasteiger partial charge in [0.2, 0.25) is 5.91 Å². The molecule has 1 saturated heterocycles. The lowest BCUT2D eigenvalue weighted by Gasteiger charge is -2.30. The highest BCUT2D eigenvalue weighted by Crippen LogP contribution is 2.27. The molecule has 27 heavy (non-hydrogen) atoms. The molecule has 0 unspecified atom stereocenters. The zero-order valence-electron chi connectivity index (χ0n) is 14.9. The number of rotatable bonds is 6. The van der Waals surface area contributed by atoms with Gasteiger partial charge in [0.15, 0.2) is 5.65 Å². The fourth-order valence-electron chi connectivity index (χ4n) is 3.56. The summed E-state index contributed by atoms with van der Waals surface area (Å²) in [6.07, 6.45) is 5.29. The number of hydrogen-bond donors (Lipinski definition) is 2. The van der Waals surface area contributed by atoms with E-state index in [4.69, 9.17) is 10.5 Å². The van der Waals surface area contributed by atoms with Crippen molar-refractivity contribution in [3.63, 3.8) is 0 Å². The van der Waals surface area contributed by atoms with Crippen LogP contribution in [0.4, 0.5) is 5.82 Å². The topological polar surface area (TPSA) is 108 Å². The van der Waals surface area contributed by atoms with Crippen molar-refractivity contribution in [1.82, 2.24) is 19.7 Å². The number of ether oxygens (including phenoxy) is 1. The molecule has 0 saturated carbocycles. The van der Waals surface area contributed by atoms with E-state index < -0.39 is 0 Å². The molecule has 3 N–H and O–H groups in total. The summed E-state index contributed by atoms with van der Waals surface area (Å²) < 4.78 is 7.22. The van der Waals surface area contributed by atoms with Gasteiger partial charge in [0, 0.05) is 25.7 Å². The second-order valence-electron chi connectivity index (χ2n) is 6.72. The number of nitrogens with one attached hydrogen (secondary N) is 1. The van der Waals surface area contributed by atoms with Crippen molar-refractivity contribution >= 4 is 22.8 Å². The van der Waals surface area contributed by atoms with Crippen LogP contribution in [-0.4, -0.2) is 44.9 Å². The molecule has 8 heteroatoms. The normalized spacial score (nSPS) is 16.3. The van der Waals surface area contributed by atoms with Gasteiger partial charge in [-0.25, -0.2) is 14.6 Å². The van der Waals surface area contributed by atoms with Gasteiger partial charge in [0.05, 0.1) is 17.3 Å². The molecule has 140 valence electrons. The number of hydrogen-bond acceptors (Lipinski definition) is 6. The highest BCUT2D eigenvalue weighted by molar-refractivity contribution is 5.87. The van der Waals surface area contributed by atoms with Crippen LogP contribution in [0, 0.1) is 5.92 Å². The van der Waals surface area contributed by atoms with Crippen LogP contribution in [0.2, 0.25) is 0 Å². The van der Waals surface area contributed by atoms with Gasteiger partial charge in [-0.1, -0.05) is 18.2 Å². The van der Waals surface area contributed by atoms with Crippen LogP contribution in [0.5, 0.6) is 0 Å². The smallest absolute Gasteiger partial charge is 0.219 e. The van der Waals surface area contributed by atoms with E-state index in [1.165, 1.54) is 6.33 Å². The first kappa shape index (κ1) is 17.4. The van der Waals surface area contributed by atoms with E-state index in [1.807, 2.05) is 30.3 Å². The third kappa shape index (κ3) is 3.75. The van der Waals surface area contributed by atoms with Gasteiger partial charge in [-0.3, -0.25) is 4.79 Å². The van der Waals surface area contributed by atoms with Gasteiger partial charge in [-0.2, -0.15) is 5.10 Å². The Hall–Kier alpha value is -3.00. The Labute approximate surface area is 156 Å². The van der Waals surface area contributed by atoms with E-state index >= 15 is 0 Å². The Morgan fingerprint density at radius 3 is 2.78 bits per heavy atom. The molecular weight excluding hydrogens is 344 g/mol. The Morgan fingerprint density at radius 2 is 2.04 bits per heavy atom. The number of carbonyl (C=O) groups excluding carboxylic acids is 1. The minimum absolute atomic E-state index is 0.0930. The number of carbonyl (C=O) groups is 1. The molecule has 4 rings (SSSR count). The summed E-state index contributed by atoms with van der Waals surface area (Å²) in [6.45, 7) is 1.40. The summed E-state index contributed by atoms with van der Waals surface area (Å²) in [5.41, 5.74) is 7.12. The first-order valence-electron chi connectivity index (χ1n) is 9.09. The minimum Gasteiger partial charge on any atom is -0.381 e. The predicted molar refractivity (Wildman–Crippen MR) is 101 cm³/mol. The molecule has 1 aliphatic rings. The van der Waals surface area contributed by atoms with Crippen LogP contribution >= 0.6 is 0 Å². The molecule has 0 aliphatic carbocycles. The van der Waals surface area contributed by atoms with Crippen molar-refractivity contribution < 1.29 is 9.53 Å². The average molecular weight is 366 g/mol. The number of anilines is 1. The summed E-state index contributed by atoms with van der Waals surface area (Å²) in [5, 5.41) is 8.70. The number of amides is 1. The number of benzene rings is 1. The van der Waals surface area contributed by atoms with Crippen LogP contribution in [0.25, 0.3) is 16.7 Å². The average Bonchev–Trinajstić information content (AvgIpc) is 3.14. The summed E-state index contributed by atoms with van der Waals surface area (Å²) in [6, 6.07) is 9.72. The molecule has 1 aromatic carbocycles. The van der Waals surface area contributed by atoms with Gasteiger partial charge in [0.1, 0.15) is 12.1 Å². The third-order valence-electron chi connectivity index (χ3n) is 4.94. The SMILES string of the molecule is NC(=O)C[C@H](Nc1ncnc2c1cnn2-c1ccccc1)C1CCOCC1. The summed E-state index contributed by atoms with van der Waals surface area (Å²) >= 11 is 0. The lowest BCUT2D eigenvalue weighted by molar-refractivity contribution is -0.118. The van der Waals surface area contributed by atoms with Gasteiger partial charge in [0.25, 0.3) is 0 Å². The number of para-hydroxylation sites is 1. The van der Waals surface area contributed by atoms with Gasteiger partial charge in [-0.05, 0) is 30.9 Å². The molecule has 1 aliphatic heterocycles. The van der Waals surface area contributed by atoms with E-state index in [9.17, 15) is 4.79 Å². The van der Waals surface area contributed by atoms with E-state index in [0.717, 1.165) is 23.9 Å². The second kappa shape index (κ2) is 7.71. The van der Waals surface area contributed by atoms with E-state index in [2.05, 4.69) is 20.4 Å². The zero-order valence-corrected chi connectivity index (χ0v) is 14.9. The monoisotopic (exact) mass is 366 g/mol. The molecule has 0 bridgehead atoms. The van der Waals surface area contributed by atoms with Gasteiger partial charge < -0.3 is 15.8 Å². The first-order chi connectivity index (χ1) is 13.2.